The van der Waals surface area contributed by atoms with Crippen LogP contribution in [0.3, 0.4) is 0 Å². The van der Waals surface area contributed by atoms with Gasteiger partial charge in [0.1, 0.15) is 5.75 Å². The van der Waals surface area contributed by atoms with E-state index in [0.717, 1.165) is 11.4 Å². The molecule has 3 aromatic rings. The Labute approximate surface area is 199 Å². The summed E-state index contributed by atoms with van der Waals surface area (Å²) in [5, 5.41) is 6.55. The highest BCUT2D eigenvalue weighted by Crippen LogP contribution is 2.34. The molecule has 0 unspecified atom stereocenters. The van der Waals surface area contributed by atoms with Crippen molar-refractivity contribution < 1.29 is 22.5 Å². The van der Waals surface area contributed by atoms with Gasteiger partial charge in [-0.3, -0.25) is 10.1 Å². The zero-order chi connectivity index (χ0) is 24.5. The quantitative estimate of drug-likeness (QED) is 0.571. The van der Waals surface area contributed by atoms with E-state index in [-0.39, 0.29) is 16.7 Å². The number of aryl methyl sites for hydroxylation is 2. The Kier molecular flexibility index (Phi) is 6.63. The normalized spacial score (nSPS) is 14.8. The highest BCUT2D eigenvalue weighted by atomic mass is 32.2. The van der Waals surface area contributed by atoms with Gasteiger partial charge in [0.2, 0.25) is 21.8 Å². The molecular formula is C24H28N4O5S. The fraction of sp³-hybridized carbons (Fsp3) is 0.333. The van der Waals surface area contributed by atoms with Crippen molar-refractivity contribution >= 4 is 27.5 Å². The minimum atomic E-state index is -3.73. The van der Waals surface area contributed by atoms with Gasteiger partial charge in [-0.05, 0) is 43.2 Å². The molecule has 0 atom stereocenters. The van der Waals surface area contributed by atoms with Crippen LogP contribution in [0.25, 0.3) is 11.1 Å². The minimum absolute atomic E-state index is 0.198. The number of piperazine rings is 1. The van der Waals surface area contributed by atoms with Crippen LogP contribution in [0, 0.1) is 13.8 Å². The summed E-state index contributed by atoms with van der Waals surface area (Å²) in [6, 6.07) is 12.9. The summed E-state index contributed by atoms with van der Waals surface area (Å²) < 4.78 is 39.3. The minimum Gasteiger partial charge on any atom is -0.497 e. The number of benzene rings is 2. The summed E-state index contributed by atoms with van der Waals surface area (Å²) in [4.78, 5) is 13.9. The van der Waals surface area contributed by atoms with Gasteiger partial charge in [0.15, 0.2) is 0 Å². The second-order valence-electron chi connectivity index (χ2n) is 8.23. The molecule has 1 aliphatic rings. The van der Waals surface area contributed by atoms with Gasteiger partial charge in [0.05, 0.1) is 23.3 Å². The Bertz CT molecular complexity index is 1310. The molecule has 0 saturated carbocycles. The Morgan fingerprint density at radius 1 is 1.09 bits per heavy atom. The van der Waals surface area contributed by atoms with Gasteiger partial charge < -0.3 is 14.2 Å². The number of rotatable bonds is 6. The molecule has 0 bridgehead atoms. The van der Waals surface area contributed by atoms with Gasteiger partial charge in [-0.2, -0.15) is 4.31 Å². The number of amides is 1. The topological polar surface area (TPSA) is 105 Å². The SMILES string of the molecule is COc1cccc(N2CCN(S(=O)(=O)c3cc(-c4c(C)noc4NC(C)=O)ccc3C)CC2)c1. The average molecular weight is 485 g/mol. The molecule has 1 amide bonds. The first kappa shape index (κ1) is 23.8. The molecule has 0 spiro atoms. The molecule has 0 radical (unpaired) electrons. The molecule has 9 nitrogen and oxygen atoms in total. The number of methoxy groups -OCH3 is 1. The van der Waals surface area contributed by atoms with Crippen molar-refractivity contribution in [3.63, 3.8) is 0 Å². The summed E-state index contributed by atoms with van der Waals surface area (Å²) in [5.74, 6) is 0.665. The molecule has 1 saturated heterocycles. The predicted octanol–water partition coefficient (Wildman–Crippen LogP) is 3.44. The standard InChI is InChI=1S/C24H28N4O5S/c1-16-8-9-19(23-17(2)26-33-24(23)25-18(3)29)14-22(16)34(30,31)28-12-10-27(11-13-28)20-6-5-7-21(15-20)32-4/h5-9,14-15H,10-13H2,1-4H3,(H,25,29). The van der Waals surface area contributed by atoms with E-state index in [9.17, 15) is 13.2 Å². The Morgan fingerprint density at radius 3 is 2.50 bits per heavy atom. The van der Waals surface area contributed by atoms with Gasteiger partial charge in [0.25, 0.3) is 0 Å². The van der Waals surface area contributed by atoms with Crippen LogP contribution in [0.4, 0.5) is 11.6 Å². The summed E-state index contributed by atoms with van der Waals surface area (Å²) in [5.41, 5.74) is 3.39. The summed E-state index contributed by atoms with van der Waals surface area (Å²) in [7, 11) is -2.10. The lowest BCUT2D eigenvalue weighted by Gasteiger charge is -2.35. The van der Waals surface area contributed by atoms with E-state index in [0.29, 0.717) is 48.6 Å². The monoisotopic (exact) mass is 484 g/mol. The number of nitrogens with zero attached hydrogens (tertiary/aromatic N) is 3. The van der Waals surface area contributed by atoms with E-state index < -0.39 is 10.0 Å². The van der Waals surface area contributed by atoms with Gasteiger partial charge in [0, 0.05) is 44.9 Å². The van der Waals surface area contributed by atoms with E-state index in [2.05, 4.69) is 15.4 Å². The number of nitrogens with one attached hydrogen (secondary N) is 1. The van der Waals surface area contributed by atoms with Crippen LogP contribution in [0.2, 0.25) is 0 Å². The fourth-order valence-electron chi connectivity index (χ4n) is 4.12. The number of hydrogen-bond acceptors (Lipinski definition) is 7. The molecule has 4 rings (SSSR count). The van der Waals surface area contributed by atoms with Gasteiger partial charge >= 0.3 is 0 Å². The maximum atomic E-state index is 13.6. The largest absolute Gasteiger partial charge is 0.497 e. The van der Waals surface area contributed by atoms with Crippen molar-refractivity contribution in [3.05, 3.63) is 53.7 Å². The molecule has 34 heavy (non-hydrogen) atoms. The summed E-state index contributed by atoms with van der Waals surface area (Å²) >= 11 is 0. The third kappa shape index (κ3) is 4.64. The smallest absolute Gasteiger partial charge is 0.243 e. The lowest BCUT2D eigenvalue weighted by atomic mass is 10.0. The molecule has 10 heteroatoms. The molecule has 2 aromatic carbocycles. The van der Waals surface area contributed by atoms with E-state index in [1.807, 2.05) is 24.3 Å². The summed E-state index contributed by atoms with van der Waals surface area (Å²) in [6.07, 6.45) is 0. The van der Waals surface area contributed by atoms with Crippen LogP contribution < -0.4 is 15.0 Å². The number of aromatic nitrogens is 1. The zero-order valence-electron chi connectivity index (χ0n) is 19.7. The highest BCUT2D eigenvalue weighted by Gasteiger charge is 2.30. The third-order valence-electron chi connectivity index (χ3n) is 5.90. The Balaban J connectivity index is 1.59. The average Bonchev–Trinajstić information content (AvgIpc) is 3.18. The molecule has 1 N–H and O–H groups in total. The van der Waals surface area contributed by atoms with Gasteiger partial charge in [-0.15, -0.1) is 0 Å². The maximum absolute atomic E-state index is 13.6. The summed E-state index contributed by atoms with van der Waals surface area (Å²) in [6.45, 7) is 6.77. The van der Waals surface area contributed by atoms with Gasteiger partial charge in [-0.25, -0.2) is 8.42 Å². The van der Waals surface area contributed by atoms with Crippen LogP contribution in [0.5, 0.6) is 5.75 Å². The van der Waals surface area contributed by atoms with Gasteiger partial charge in [-0.1, -0.05) is 23.4 Å². The van der Waals surface area contributed by atoms with Crippen molar-refractivity contribution in [3.8, 4) is 16.9 Å². The lowest BCUT2D eigenvalue weighted by molar-refractivity contribution is -0.114. The molecule has 180 valence electrons. The zero-order valence-corrected chi connectivity index (χ0v) is 20.5. The molecular weight excluding hydrogens is 456 g/mol. The predicted molar refractivity (Wildman–Crippen MR) is 130 cm³/mol. The van der Waals surface area contributed by atoms with Crippen molar-refractivity contribution in [1.82, 2.24) is 9.46 Å². The number of carbonyl (C=O) groups is 1. The Morgan fingerprint density at radius 2 is 1.82 bits per heavy atom. The van der Waals surface area contributed by atoms with E-state index in [4.69, 9.17) is 9.26 Å². The second kappa shape index (κ2) is 9.47. The van der Waals surface area contributed by atoms with E-state index in [1.54, 1.807) is 39.2 Å². The number of sulfonamides is 1. The van der Waals surface area contributed by atoms with Crippen molar-refractivity contribution in [2.45, 2.75) is 25.7 Å². The van der Waals surface area contributed by atoms with Crippen LogP contribution in [0.15, 0.2) is 51.9 Å². The lowest BCUT2D eigenvalue weighted by Crippen LogP contribution is -2.48. The molecule has 1 aliphatic heterocycles. The van der Waals surface area contributed by atoms with Crippen LogP contribution in [0.1, 0.15) is 18.2 Å². The van der Waals surface area contributed by atoms with Crippen molar-refractivity contribution in [1.29, 1.82) is 0 Å². The molecule has 1 fully saturated rings. The first-order valence-electron chi connectivity index (χ1n) is 10.9. The van der Waals surface area contributed by atoms with Crippen LogP contribution >= 0.6 is 0 Å². The van der Waals surface area contributed by atoms with Crippen molar-refractivity contribution in [2.24, 2.45) is 0 Å². The molecule has 1 aromatic heterocycles. The third-order valence-corrected chi connectivity index (χ3v) is 7.94. The fourth-order valence-corrected chi connectivity index (χ4v) is 5.79. The maximum Gasteiger partial charge on any atom is 0.243 e. The Hall–Kier alpha value is -3.37. The first-order chi connectivity index (χ1) is 16.2. The number of carbonyl (C=O) groups excluding carboxylic acids is 1. The van der Waals surface area contributed by atoms with E-state index in [1.165, 1.54) is 11.2 Å². The van der Waals surface area contributed by atoms with Crippen LogP contribution in [-0.4, -0.2) is 57.1 Å². The second-order valence-corrected chi connectivity index (χ2v) is 10.1. The van der Waals surface area contributed by atoms with Crippen molar-refractivity contribution in [2.75, 3.05) is 43.5 Å². The first-order valence-corrected chi connectivity index (χ1v) is 12.4. The molecule has 0 aliphatic carbocycles. The number of anilines is 2. The number of hydrogen-bond donors (Lipinski definition) is 1. The van der Waals surface area contributed by atoms with E-state index >= 15 is 0 Å². The number of ether oxygens (including phenoxy) is 1. The van der Waals surface area contributed by atoms with Crippen LogP contribution in [-0.2, 0) is 14.8 Å². The molecule has 2 heterocycles. The highest BCUT2D eigenvalue weighted by molar-refractivity contribution is 7.89.